The van der Waals surface area contributed by atoms with E-state index in [1.807, 2.05) is 0 Å². The van der Waals surface area contributed by atoms with E-state index < -0.39 is 5.97 Å². The van der Waals surface area contributed by atoms with E-state index in [1.165, 1.54) is 0 Å². The third-order valence-electron chi connectivity index (χ3n) is 1.95. The number of rotatable bonds is 4. The number of nitrogens with one attached hydrogen (secondary N) is 1. The Balaban J connectivity index is 2.97. The minimum absolute atomic E-state index is 0.136. The number of ether oxygens (including phenoxy) is 1. The van der Waals surface area contributed by atoms with E-state index in [9.17, 15) is 4.79 Å². The number of hydrogen-bond donors (Lipinski definition) is 3. The number of anilines is 1. The van der Waals surface area contributed by atoms with Crippen molar-refractivity contribution in [2.24, 2.45) is 5.84 Å². The molecule has 1 aromatic carbocycles. The third-order valence-corrected chi connectivity index (χ3v) is 1.95. The lowest BCUT2D eigenvalue weighted by molar-refractivity contribution is 0.0526. The molecule has 0 saturated heterocycles. The minimum Gasteiger partial charge on any atom is -0.462 e. The summed E-state index contributed by atoms with van der Waals surface area (Å²) in [5.74, 6) is 4.85. The molecule has 0 amide bonds. The van der Waals surface area contributed by atoms with Crippen molar-refractivity contribution in [2.75, 3.05) is 12.0 Å². The predicted octanol–water partition coefficient (Wildman–Crippen LogP) is 0.641. The van der Waals surface area contributed by atoms with Crippen molar-refractivity contribution in [3.8, 4) is 0 Å². The summed E-state index contributed by atoms with van der Waals surface area (Å²) in [5.41, 5.74) is 3.97. The number of esters is 1. The molecule has 82 valence electrons. The molecule has 0 saturated carbocycles. The SMILES string of the molecule is CCOC(=O)c1ccc(CO)c(NN)c1. The topological polar surface area (TPSA) is 84.6 Å². The van der Waals surface area contributed by atoms with Crippen LogP contribution in [-0.4, -0.2) is 17.7 Å². The van der Waals surface area contributed by atoms with Crippen LogP contribution in [0.25, 0.3) is 0 Å². The van der Waals surface area contributed by atoms with Crippen LogP contribution in [-0.2, 0) is 11.3 Å². The smallest absolute Gasteiger partial charge is 0.338 e. The second-order valence-electron chi connectivity index (χ2n) is 2.89. The Bertz CT molecular complexity index is 353. The Morgan fingerprint density at radius 3 is 2.87 bits per heavy atom. The summed E-state index contributed by atoms with van der Waals surface area (Å²) in [6.07, 6.45) is 0. The van der Waals surface area contributed by atoms with Gasteiger partial charge in [-0.3, -0.25) is 5.84 Å². The van der Waals surface area contributed by atoms with Gasteiger partial charge in [0.15, 0.2) is 0 Å². The van der Waals surface area contributed by atoms with Crippen LogP contribution >= 0.6 is 0 Å². The maximum absolute atomic E-state index is 11.4. The lowest BCUT2D eigenvalue weighted by atomic mass is 10.1. The van der Waals surface area contributed by atoms with E-state index in [0.717, 1.165) is 0 Å². The lowest BCUT2D eigenvalue weighted by Crippen LogP contribution is -2.11. The zero-order valence-electron chi connectivity index (χ0n) is 8.49. The van der Waals surface area contributed by atoms with Gasteiger partial charge in [-0.2, -0.15) is 0 Å². The first-order valence-electron chi connectivity index (χ1n) is 4.60. The van der Waals surface area contributed by atoms with Gasteiger partial charge in [0.25, 0.3) is 0 Å². The van der Waals surface area contributed by atoms with E-state index in [4.69, 9.17) is 15.7 Å². The Kier molecular flexibility index (Phi) is 4.08. The fourth-order valence-electron chi connectivity index (χ4n) is 1.19. The first kappa shape index (κ1) is 11.5. The molecule has 1 aromatic rings. The average molecular weight is 210 g/mol. The molecule has 0 bridgehead atoms. The van der Waals surface area contributed by atoms with Crippen LogP contribution < -0.4 is 11.3 Å². The molecule has 0 aliphatic carbocycles. The van der Waals surface area contributed by atoms with Crippen molar-refractivity contribution in [1.29, 1.82) is 0 Å². The highest BCUT2D eigenvalue weighted by atomic mass is 16.5. The zero-order chi connectivity index (χ0) is 11.3. The number of carbonyl (C=O) groups is 1. The molecule has 4 N–H and O–H groups in total. The summed E-state index contributed by atoms with van der Waals surface area (Å²) in [6.45, 7) is 1.93. The Morgan fingerprint density at radius 1 is 1.60 bits per heavy atom. The summed E-state index contributed by atoms with van der Waals surface area (Å²) >= 11 is 0. The highest BCUT2D eigenvalue weighted by Gasteiger charge is 2.09. The second kappa shape index (κ2) is 5.33. The Labute approximate surface area is 87.8 Å². The van der Waals surface area contributed by atoms with Crippen LogP contribution in [0.3, 0.4) is 0 Å². The first-order valence-corrected chi connectivity index (χ1v) is 4.60. The lowest BCUT2D eigenvalue weighted by Gasteiger charge is -2.08. The van der Waals surface area contributed by atoms with Gasteiger partial charge in [-0.25, -0.2) is 4.79 Å². The van der Waals surface area contributed by atoms with Crippen molar-refractivity contribution < 1.29 is 14.6 Å². The van der Waals surface area contributed by atoms with E-state index in [2.05, 4.69) is 5.43 Å². The van der Waals surface area contributed by atoms with Crippen LogP contribution in [0, 0.1) is 0 Å². The first-order chi connectivity index (χ1) is 7.22. The molecule has 0 atom stereocenters. The molecule has 0 aliphatic rings. The summed E-state index contributed by atoms with van der Waals surface area (Å²) < 4.78 is 4.83. The van der Waals surface area contributed by atoms with Crippen molar-refractivity contribution in [3.05, 3.63) is 29.3 Å². The van der Waals surface area contributed by atoms with Crippen molar-refractivity contribution in [2.45, 2.75) is 13.5 Å². The zero-order valence-corrected chi connectivity index (χ0v) is 8.49. The van der Waals surface area contributed by atoms with Gasteiger partial charge in [0.1, 0.15) is 0 Å². The van der Waals surface area contributed by atoms with Crippen molar-refractivity contribution in [1.82, 2.24) is 0 Å². The molecule has 0 unspecified atom stereocenters. The summed E-state index contributed by atoms with van der Waals surface area (Å²) in [4.78, 5) is 11.4. The van der Waals surface area contributed by atoms with Gasteiger partial charge in [-0.05, 0) is 19.1 Å². The van der Waals surface area contributed by atoms with Gasteiger partial charge in [-0.1, -0.05) is 6.07 Å². The van der Waals surface area contributed by atoms with Crippen molar-refractivity contribution >= 4 is 11.7 Å². The van der Waals surface area contributed by atoms with E-state index in [-0.39, 0.29) is 6.61 Å². The fraction of sp³-hybridized carbons (Fsp3) is 0.300. The van der Waals surface area contributed by atoms with Gasteiger partial charge in [0, 0.05) is 5.56 Å². The average Bonchev–Trinajstić information content (AvgIpc) is 2.28. The van der Waals surface area contributed by atoms with E-state index >= 15 is 0 Å². The van der Waals surface area contributed by atoms with Crippen molar-refractivity contribution in [3.63, 3.8) is 0 Å². The highest BCUT2D eigenvalue weighted by molar-refractivity contribution is 5.90. The Hall–Kier alpha value is -1.59. The second-order valence-corrected chi connectivity index (χ2v) is 2.89. The van der Waals surface area contributed by atoms with Gasteiger partial charge >= 0.3 is 5.97 Å². The summed E-state index contributed by atoms with van der Waals surface area (Å²) in [6, 6.07) is 4.76. The van der Waals surface area contributed by atoms with Gasteiger partial charge in [0.05, 0.1) is 24.5 Å². The largest absolute Gasteiger partial charge is 0.462 e. The third kappa shape index (κ3) is 2.68. The van der Waals surface area contributed by atoms with Gasteiger partial charge in [-0.15, -0.1) is 0 Å². The normalized spacial score (nSPS) is 9.80. The number of benzene rings is 1. The number of nitrogen functional groups attached to an aromatic ring is 1. The quantitative estimate of drug-likeness (QED) is 0.386. The van der Waals surface area contributed by atoms with Crippen LogP contribution in [0.4, 0.5) is 5.69 Å². The summed E-state index contributed by atoms with van der Waals surface area (Å²) in [7, 11) is 0. The highest BCUT2D eigenvalue weighted by Crippen LogP contribution is 2.17. The molecule has 5 heteroatoms. The molecule has 1 rings (SSSR count). The maximum atomic E-state index is 11.4. The molecule has 0 radical (unpaired) electrons. The molecule has 15 heavy (non-hydrogen) atoms. The van der Waals surface area contributed by atoms with Crippen LogP contribution in [0.2, 0.25) is 0 Å². The molecule has 5 nitrogen and oxygen atoms in total. The molecule has 0 spiro atoms. The molecular formula is C10H14N2O3. The summed E-state index contributed by atoms with van der Waals surface area (Å²) in [5, 5.41) is 8.97. The predicted molar refractivity (Wildman–Crippen MR) is 56.1 cm³/mol. The monoisotopic (exact) mass is 210 g/mol. The standard InChI is InChI=1S/C10H14N2O3/c1-2-15-10(14)7-3-4-8(6-13)9(5-7)12-11/h3-5,12-13H,2,6,11H2,1H3. The van der Waals surface area contributed by atoms with Crippen LogP contribution in [0.5, 0.6) is 0 Å². The molecule has 0 heterocycles. The number of carbonyl (C=O) groups excluding carboxylic acids is 1. The maximum Gasteiger partial charge on any atom is 0.338 e. The molecule has 0 aliphatic heterocycles. The number of hydrogen-bond acceptors (Lipinski definition) is 5. The minimum atomic E-state index is -0.404. The fourth-order valence-corrected chi connectivity index (χ4v) is 1.19. The number of aliphatic hydroxyl groups is 1. The van der Waals surface area contributed by atoms with E-state index in [0.29, 0.717) is 23.4 Å². The molecule has 0 aromatic heterocycles. The number of nitrogens with two attached hydrogens (primary N) is 1. The van der Waals surface area contributed by atoms with Gasteiger partial charge in [0.2, 0.25) is 0 Å². The van der Waals surface area contributed by atoms with Gasteiger partial charge < -0.3 is 15.3 Å². The molecular weight excluding hydrogens is 196 g/mol. The van der Waals surface area contributed by atoms with E-state index in [1.54, 1.807) is 25.1 Å². The molecule has 0 fully saturated rings. The Morgan fingerprint density at radius 2 is 2.33 bits per heavy atom. The number of aliphatic hydroxyl groups excluding tert-OH is 1. The van der Waals surface area contributed by atoms with Crippen LogP contribution in [0.15, 0.2) is 18.2 Å². The number of hydrazine groups is 1. The van der Waals surface area contributed by atoms with Crippen LogP contribution in [0.1, 0.15) is 22.8 Å².